The van der Waals surface area contributed by atoms with Crippen LogP contribution in [-0.2, 0) is 14.9 Å². The number of carbonyl (C=O) groups is 1. The van der Waals surface area contributed by atoms with Gasteiger partial charge in [-0.2, -0.15) is 0 Å². The van der Waals surface area contributed by atoms with E-state index in [1.165, 1.54) is 39.3 Å². The minimum atomic E-state index is -4.33. The summed E-state index contributed by atoms with van der Waals surface area (Å²) in [6.07, 6.45) is 1.88. The van der Waals surface area contributed by atoms with Crippen LogP contribution >= 0.6 is 0 Å². The predicted octanol–water partition coefficient (Wildman–Crippen LogP) is -0.872. The predicted molar refractivity (Wildman–Crippen MR) is 85.1 cm³/mol. The first-order chi connectivity index (χ1) is 10.6. The zero-order valence-corrected chi connectivity index (χ0v) is 15.0. The Morgan fingerprint density at radius 1 is 1.22 bits per heavy atom. The number of carbonyl (C=O) groups excluding carboxylic acids is 1. The van der Waals surface area contributed by atoms with E-state index >= 15 is 0 Å². The van der Waals surface area contributed by atoms with Crippen molar-refractivity contribution >= 4 is 15.9 Å². The Kier molecular flexibility index (Phi) is 4.36. The number of Topliss-reactive ketones (excluding diaryl/α,β-unsaturated/α-hetero) is 1. The molecule has 0 aromatic heterocycles. The summed E-state index contributed by atoms with van der Waals surface area (Å²) in [5, 5.41) is 0. The third kappa shape index (κ3) is 3.08. The molecule has 3 aliphatic heterocycles. The minimum absolute atomic E-state index is 0.0248. The van der Waals surface area contributed by atoms with Gasteiger partial charge in [-0.3, -0.25) is 9.69 Å². The highest BCUT2D eigenvalue weighted by Gasteiger charge is 2.64. The van der Waals surface area contributed by atoms with Crippen LogP contribution in [0.3, 0.4) is 0 Å². The number of nitrogens with one attached hydrogen (secondary N) is 1. The number of nitrogens with zero attached hydrogens (tertiary/aromatic N) is 1. The van der Waals surface area contributed by atoms with Gasteiger partial charge < -0.3 is 9.45 Å². The first-order valence-electron chi connectivity index (χ1n) is 8.67. The SMILES string of the molecule is C1C[NH+]2CCN1CC2.CC1(C)C2CCC1(CS(=O)(=O)[O-])C(=O)C2. The maximum absolute atomic E-state index is 11.8. The second-order valence-electron chi connectivity index (χ2n) is 8.21. The molecule has 2 unspecified atom stereocenters. The Morgan fingerprint density at radius 3 is 2.04 bits per heavy atom. The molecule has 4 bridgehead atoms. The largest absolute Gasteiger partial charge is 0.748 e. The maximum atomic E-state index is 11.8. The highest BCUT2D eigenvalue weighted by atomic mass is 32.2. The van der Waals surface area contributed by atoms with E-state index in [2.05, 4.69) is 4.90 Å². The zero-order valence-electron chi connectivity index (χ0n) is 14.1. The van der Waals surface area contributed by atoms with Gasteiger partial charge in [0.05, 0.1) is 35.5 Å². The molecule has 0 aromatic rings. The summed E-state index contributed by atoms with van der Waals surface area (Å²) in [5.41, 5.74) is -1.22. The second kappa shape index (κ2) is 5.79. The van der Waals surface area contributed by atoms with Crippen LogP contribution in [0.4, 0.5) is 0 Å². The average molecular weight is 344 g/mol. The molecule has 5 aliphatic rings. The van der Waals surface area contributed by atoms with Gasteiger partial charge in [0, 0.05) is 31.5 Å². The molecule has 2 aliphatic carbocycles. The van der Waals surface area contributed by atoms with E-state index in [4.69, 9.17) is 0 Å². The lowest BCUT2D eigenvalue weighted by Gasteiger charge is -2.38. The molecular weight excluding hydrogens is 316 g/mol. The zero-order chi connectivity index (χ0) is 16.9. The second-order valence-corrected chi connectivity index (χ2v) is 9.61. The van der Waals surface area contributed by atoms with Crippen molar-refractivity contribution < 1.29 is 22.7 Å². The number of hydrogen-bond donors (Lipinski definition) is 1. The van der Waals surface area contributed by atoms with Crippen molar-refractivity contribution in [3.8, 4) is 0 Å². The molecule has 3 heterocycles. The molecule has 6 nitrogen and oxygen atoms in total. The molecule has 0 spiro atoms. The van der Waals surface area contributed by atoms with Crippen LogP contribution in [0.5, 0.6) is 0 Å². The molecule has 5 rings (SSSR count). The Balaban J connectivity index is 0.000000162. The van der Waals surface area contributed by atoms with Crippen molar-refractivity contribution in [1.29, 1.82) is 0 Å². The van der Waals surface area contributed by atoms with E-state index in [0.717, 1.165) is 6.42 Å². The molecule has 0 aromatic carbocycles. The van der Waals surface area contributed by atoms with Crippen LogP contribution in [0.25, 0.3) is 0 Å². The van der Waals surface area contributed by atoms with Crippen molar-refractivity contribution in [2.75, 3.05) is 45.0 Å². The Hall–Kier alpha value is -0.500. The fourth-order valence-corrected chi connectivity index (χ4v) is 6.35. The summed E-state index contributed by atoms with van der Waals surface area (Å²) in [5.74, 6) is -0.280. The molecule has 3 saturated heterocycles. The van der Waals surface area contributed by atoms with Gasteiger partial charge in [-0.25, -0.2) is 8.42 Å². The summed E-state index contributed by atoms with van der Waals surface area (Å²) in [6.45, 7) is 12.1. The third-order valence-corrected chi connectivity index (χ3v) is 7.75. The fourth-order valence-electron chi connectivity index (χ4n) is 5.07. The van der Waals surface area contributed by atoms with Crippen molar-refractivity contribution in [2.45, 2.75) is 33.1 Å². The highest BCUT2D eigenvalue weighted by molar-refractivity contribution is 7.85. The maximum Gasteiger partial charge on any atom is 0.140 e. The molecule has 7 heteroatoms. The summed E-state index contributed by atoms with van der Waals surface area (Å²) in [4.78, 5) is 16.2. The first-order valence-corrected chi connectivity index (χ1v) is 10.2. The van der Waals surface area contributed by atoms with Crippen LogP contribution in [0, 0.1) is 16.7 Å². The summed E-state index contributed by atoms with van der Waals surface area (Å²) >= 11 is 0. The smallest absolute Gasteiger partial charge is 0.140 e. The summed E-state index contributed by atoms with van der Waals surface area (Å²) in [7, 11) is -4.33. The van der Waals surface area contributed by atoms with Gasteiger partial charge in [0.1, 0.15) is 5.78 Å². The molecule has 2 saturated carbocycles. The molecule has 1 N–H and O–H groups in total. The van der Waals surface area contributed by atoms with E-state index < -0.39 is 21.3 Å². The molecule has 5 fully saturated rings. The van der Waals surface area contributed by atoms with Crippen molar-refractivity contribution in [1.82, 2.24) is 4.90 Å². The molecular formula is C16H28N2O4S. The summed E-state index contributed by atoms with van der Waals surface area (Å²) in [6, 6.07) is 0. The molecule has 0 radical (unpaired) electrons. The molecule has 23 heavy (non-hydrogen) atoms. The van der Waals surface area contributed by atoms with Gasteiger partial charge in [-0.05, 0) is 24.2 Å². The van der Waals surface area contributed by atoms with E-state index in [9.17, 15) is 17.8 Å². The lowest BCUT2D eigenvalue weighted by molar-refractivity contribution is -0.914. The Morgan fingerprint density at radius 2 is 1.78 bits per heavy atom. The van der Waals surface area contributed by atoms with Crippen LogP contribution < -0.4 is 4.90 Å². The average Bonchev–Trinajstić information content (AvgIpc) is 2.82. The first kappa shape index (κ1) is 17.3. The normalized spacial score (nSPS) is 40.8. The Bertz CT molecular complexity index is 558. The van der Waals surface area contributed by atoms with Gasteiger partial charge in [-0.15, -0.1) is 0 Å². The Labute approximate surface area is 139 Å². The van der Waals surface area contributed by atoms with Crippen LogP contribution in [0.1, 0.15) is 33.1 Å². The van der Waals surface area contributed by atoms with Gasteiger partial charge in [-0.1, -0.05) is 13.8 Å². The van der Waals surface area contributed by atoms with Crippen LogP contribution in [0.15, 0.2) is 0 Å². The fraction of sp³-hybridized carbons (Fsp3) is 0.938. The van der Waals surface area contributed by atoms with Gasteiger partial charge >= 0.3 is 0 Å². The molecule has 2 atom stereocenters. The number of hydrogen-bond acceptors (Lipinski definition) is 5. The number of piperazine rings is 3. The van der Waals surface area contributed by atoms with E-state index in [-0.39, 0.29) is 17.1 Å². The van der Waals surface area contributed by atoms with Gasteiger partial charge in [0.15, 0.2) is 0 Å². The lowest BCUT2D eigenvalue weighted by atomic mass is 9.70. The lowest BCUT2D eigenvalue weighted by Crippen LogP contribution is -3.17. The van der Waals surface area contributed by atoms with Crippen molar-refractivity contribution in [2.24, 2.45) is 16.7 Å². The van der Waals surface area contributed by atoms with Crippen molar-refractivity contribution in [3.63, 3.8) is 0 Å². The standard InChI is InChI=1S/C10H16O4S.C6H12N2/c1-9(2)7-3-4-10(9,8(11)5-7)6-15(12,13)14;1-2-8-5-3-7(1)4-6-8/h7H,3-6H2,1-2H3,(H,12,13,14);1-6H2. The van der Waals surface area contributed by atoms with Crippen LogP contribution in [0.2, 0.25) is 0 Å². The van der Waals surface area contributed by atoms with Crippen molar-refractivity contribution in [3.05, 3.63) is 0 Å². The third-order valence-electron chi connectivity index (χ3n) is 6.91. The van der Waals surface area contributed by atoms with E-state index in [1.807, 2.05) is 18.7 Å². The number of rotatable bonds is 2. The van der Waals surface area contributed by atoms with Gasteiger partial charge in [0.25, 0.3) is 0 Å². The van der Waals surface area contributed by atoms with Crippen LogP contribution in [-0.4, -0.2) is 68.7 Å². The topological polar surface area (TPSA) is 81.9 Å². The minimum Gasteiger partial charge on any atom is -0.748 e. The van der Waals surface area contributed by atoms with E-state index in [1.54, 1.807) is 0 Å². The number of quaternary nitrogens is 1. The number of fused-ring (bicyclic) bond motifs is 5. The summed E-state index contributed by atoms with van der Waals surface area (Å²) < 4.78 is 32.7. The molecule has 0 amide bonds. The quantitative estimate of drug-likeness (QED) is 0.659. The number of ketones is 1. The highest BCUT2D eigenvalue weighted by Crippen LogP contribution is 2.64. The van der Waals surface area contributed by atoms with E-state index in [0.29, 0.717) is 12.8 Å². The molecule has 132 valence electrons. The monoisotopic (exact) mass is 344 g/mol. The van der Waals surface area contributed by atoms with Gasteiger partial charge in [0.2, 0.25) is 0 Å².